The van der Waals surface area contributed by atoms with E-state index in [1.54, 1.807) is 6.92 Å². The van der Waals surface area contributed by atoms with Gasteiger partial charge in [0, 0.05) is 23.7 Å². The van der Waals surface area contributed by atoms with Crippen LogP contribution in [0.3, 0.4) is 0 Å². The summed E-state index contributed by atoms with van der Waals surface area (Å²) < 4.78 is 17.4. The van der Waals surface area contributed by atoms with Crippen LogP contribution in [0.15, 0.2) is 11.6 Å². The van der Waals surface area contributed by atoms with Gasteiger partial charge in [-0.2, -0.15) is 0 Å². The van der Waals surface area contributed by atoms with Crippen LogP contribution in [-0.2, 0) is 28.6 Å². The number of aliphatic hydroxyl groups is 1. The predicted molar refractivity (Wildman–Crippen MR) is 122 cm³/mol. The summed E-state index contributed by atoms with van der Waals surface area (Å²) in [6.07, 6.45) is 4.14. The Morgan fingerprint density at radius 1 is 1.21 bits per heavy atom. The second-order valence-corrected chi connectivity index (χ2v) is 12.0. The molecule has 1 saturated heterocycles. The van der Waals surface area contributed by atoms with E-state index in [0.717, 1.165) is 12.8 Å². The molecule has 3 saturated carbocycles. The highest BCUT2D eigenvalue weighted by molar-refractivity contribution is 5.93. The van der Waals surface area contributed by atoms with E-state index in [1.807, 2.05) is 6.08 Å². The third-order valence-corrected chi connectivity index (χ3v) is 10.9. The van der Waals surface area contributed by atoms with Gasteiger partial charge in [0.25, 0.3) is 0 Å². The third-order valence-electron chi connectivity index (χ3n) is 10.9. The second kappa shape index (κ2) is 7.71. The average Bonchev–Trinajstić information content (AvgIpc) is 3.32. The molecular weight excluding hydrogens is 436 g/mol. The lowest BCUT2D eigenvalue weighted by Crippen LogP contribution is -2.68. The molecule has 5 unspecified atom stereocenters. The molecule has 188 valence electrons. The SMILES string of the molecule is CCC(=O)OCC(=O)[C@@]12OCO[C@@H]1CC1C3C[C@H](C)C4=CC(=O)CCC4(C)[C@@]3(C)C(O)CC12C. The zero-order valence-electron chi connectivity index (χ0n) is 21.0. The molecule has 4 aliphatic carbocycles. The molecule has 0 aromatic heterocycles. The van der Waals surface area contributed by atoms with Crippen molar-refractivity contribution < 1.29 is 33.7 Å². The van der Waals surface area contributed by atoms with Gasteiger partial charge >= 0.3 is 5.97 Å². The van der Waals surface area contributed by atoms with Gasteiger partial charge in [-0.3, -0.25) is 14.4 Å². The maximum absolute atomic E-state index is 13.7. The van der Waals surface area contributed by atoms with Gasteiger partial charge in [0.1, 0.15) is 6.79 Å². The highest BCUT2D eigenvalue weighted by Gasteiger charge is 2.77. The number of rotatable bonds is 4. The molecule has 7 heteroatoms. The van der Waals surface area contributed by atoms with Gasteiger partial charge in [-0.05, 0) is 54.9 Å². The molecule has 1 N–H and O–H groups in total. The molecule has 0 amide bonds. The predicted octanol–water partition coefficient (Wildman–Crippen LogP) is 3.37. The molecule has 7 nitrogen and oxygen atoms in total. The molecule has 5 aliphatic rings. The smallest absolute Gasteiger partial charge is 0.305 e. The van der Waals surface area contributed by atoms with Crippen molar-refractivity contribution in [3.8, 4) is 0 Å². The van der Waals surface area contributed by atoms with Crippen molar-refractivity contribution in [3.63, 3.8) is 0 Å². The van der Waals surface area contributed by atoms with Gasteiger partial charge in [-0.25, -0.2) is 0 Å². The van der Waals surface area contributed by atoms with E-state index in [2.05, 4.69) is 27.7 Å². The third kappa shape index (κ3) is 2.78. The lowest BCUT2D eigenvalue weighted by Gasteiger charge is -2.67. The summed E-state index contributed by atoms with van der Waals surface area (Å²) in [5, 5.41) is 11.9. The minimum absolute atomic E-state index is 0.0294. The summed E-state index contributed by atoms with van der Waals surface area (Å²) in [5.41, 5.74) is -1.40. The van der Waals surface area contributed by atoms with Gasteiger partial charge in [0.2, 0.25) is 5.78 Å². The molecule has 0 radical (unpaired) electrons. The first-order valence-corrected chi connectivity index (χ1v) is 12.8. The fraction of sp³-hybridized carbons (Fsp3) is 0.815. The molecule has 1 heterocycles. The first kappa shape index (κ1) is 24.1. The first-order valence-electron chi connectivity index (χ1n) is 12.8. The summed E-state index contributed by atoms with van der Waals surface area (Å²) in [6, 6.07) is 0. The van der Waals surface area contributed by atoms with E-state index in [4.69, 9.17) is 14.2 Å². The van der Waals surface area contributed by atoms with Gasteiger partial charge < -0.3 is 19.3 Å². The van der Waals surface area contributed by atoms with Gasteiger partial charge in [-0.1, -0.05) is 40.2 Å². The first-order chi connectivity index (χ1) is 16.0. The summed E-state index contributed by atoms with van der Waals surface area (Å²) in [4.78, 5) is 37.8. The van der Waals surface area contributed by atoms with Crippen molar-refractivity contribution in [2.45, 2.75) is 91.0 Å². The molecule has 5 rings (SSSR count). The molecular formula is C27H38O7. The van der Waals surface area contributed by atoms with Gasteiger partial charge in [0.15, 0.2) is 18.0 Å². The number of Topliss-reactive ketones (excluding diaryl/α,β-unsaturated/α-hetero) is 1. The van der Waals surface area contributed by atoms with E-state index in [-0.39, 0.29) is 54.6 Å². The number of hydrogen-bond acceptors (Lipinski definition) is 7. The van der Waals surface area contributed by atoms with Crippen molar-refractivity contribution in [3.05, 3.63) is 11.6 Å². The topological polar surface area (TPSA) is 99.1 Å². The number of allylic oxidation sites excluding steroid dienone is 1. The van der Waals surface area contributed by atoms with Gasteiger partial charge in [-0.15, -0.1) is 0 Å². The van der Waals surface area contributed by atoms with E-state index >= 15 is 0 Å². The Labute approximate surface area is 201 Å². The minimum atomic E-state index is -1.23. The Morgan fingerprint density at radius 2 is 1.94 bits per heavy atom. The fourth-order valence-electron chi connectivity index (χ4n) is 8.96. The number of aliphatic hydroxyl groups excluding tert-OH is 1. The number of ketones is 2. The number of carbonyl (C=O) groups excluding carboxylic acids is 3. The number of fused-ring (bicyclic) bond motifs is 7. The summed E-state index contributed by atoms with van der Waals surface area (Å²) >= 11 is 0. The Kier molecular flexibility index (Phi) is 5.48. The normalized spacial score (nSPS) is 49.4. The van der Waals surface area contributed by atoms with Crippen LogP contribution < -0.4 is 0 Å². The van der Waals surface area contributed by atoms with Crippen molar-refractivity contribution in [1.82, 2.24) is 0 Å². The zero-order chi connectivity index (χ0) is 24.7. The molecule has 9 atom stereocenters. The van der Waals surface area contributed by atoms with Gasteiger partial charge in [0.05, 0.1) is 12.2 Å². The summed E-state index contributed by atoms with van der Waals surface area (Å²) in [5.74, 6) is -0.0307. The lowest BCUT2D eigenvalue weighted by molar-refractivity contribution is -0.223. The largest absolute Gasteiger partial charge is 0.458 e. The molecule has 0 bridgehead atoms. The van der Waals surface area contributed by atoms with Crippen LogP contribution in [0.5, 0.6) is 0 Å². The zero-order valence-corrected chi connectivity index (χ0v) is 21.0. The second-order valence-electron chi connectivity index (χ2n) is 12.0. The van der Waals surface area contributed by atoms with Crippen LogP contribution in [0.1, 0.15) is 73.1 Å². The number of hydrogen-bond donors (Lipinski definition) is 1. The van der Waals surface area contributed by atoms with Crippen LogP contribution in [0, 0.1) is 34.0 Å². The molecule has 0 aromatic rings. The van der Waals surface area contributed by atoms with Crippen LogP contribution in [-0.4, -0.2) is 53.9 Å². The quantitative estimate of drug-likeness (QED) is 0.624. The van der Waals surface area contributed by atoms with Crippen LogP contribution in [0.25, 0.3) is 0 Å². The summed E-state index contributed by atoms with van der Waals surface area (Å²) in [6.45, 7) is 10.1. The average molecular weight is 475 g/mol. The van der Waals surface area contributed by atoms with Crippen LogP contribution in [0.2, 0.25) is 0 Å². The molecule has 4 fully saturated rings. The van der Waals surface area contributed by atoms with Crippen molar-refractivity contribution in [2.24, 2.45) is 34.0 Å². The van der Waals surface area contributed by atoms with E-state index in [9.17, 15) is 19.5 Å². The summed E-state index contributed by atoms with van der Waals surface area (Å²) in [7, 11) is 0. The Morgan fingerprint density at radius 3 is 2.65 bits per heavy atom. The lowest BCUT2D eigenvalue weighted by atomic mass is 9.37. The van der Waals surface area contributed by atoms with E-state index in [1.165, 1.54) is 5.57 Å². The molecule has 0 aromatic carbocycles. The van der Waals surface area contributed by atoms with Crippen molar-refractivity contribution in [1.29, 1.82) is 0 Å². The molecule has 1 aliphatic heterocycles. The van der Waals surface area contributed by atoms with Crippen LogP contribution in [0.4, 0.5) is 0 Å². The maximum Gasteiger partial charge on any atom is 0.305 e. The fourth-order valence-corrected chi connectivity index (χ4v) is 8.96. The Balaban J connectivity index is 1.56. The standard InChI is InChI=1S/C27H38O7/c1-6-23(31)32-13-21(30)27-22(33-14-34-27)11-18-19-9-15(2)17-10-16(28)7-8-24(17,3)26(19,5)20(29)12-25(18,27)4/h10,15,18-20,22,29H,6-9,11-14H2,1-5H3/t15-,18?,19?,20?,22+,24?,25?,26+,27+/m0/s1. The van der Waals surface area contributed by atoms with Crippen molar-refractivity contribution >= 4 is 17.5 Å². The van der Waals surface area contributed by atoms with E-state index in [0.29, 0.717) is 19.3 Å². The van der Waals surface area contributed by atoms with E-state index < -0.39 is 34.6 Å². The minimum Gasteiger partial charge on any atom is -0.458 e. The monoisotopic (exact) mass is 474 g/mol. The number of esters is 1. The van der Waals surface area contributed by atoms with Crippen molar-refractivity contribution in [2.75, 3.05) is 13.4 Å². The van der Waals surface area contributed by atoms with Crippen LogP contribution >= 0.6 is 0 Å². The molecule has 0 spiro atoms. The number of carbonyl (C=O) groups is 3. The Hall–Kier alpha value is -1.57. The Bertz CT molecular complexity index is 957. The highest BCUT2D eigenvalue weighted by Crippen LogP contribution is 2.74. The maximum atomic E-state index is 13.7. The molecule has 34 heavy (non-hydrogen) atoms. The number of ether oxygens (including phenoxy) is 3. The highest BCUT2D eigenvalue weighted by atomic mass is 16.7.